The number of halogens is 1. The molecule has 3 saturated heterocycles. The molecule has 3 fully saturated rings. The molecule has 7 atom stereocenters. The Kier molecular flexibility index (Phi) is 9.77. The predicted octanol–water partition coefficient (Wildman–Crippen LogP) is 4.68. The number of anilines is 1. The minimum absolute atomic E-state index is 0.202. The molecule has 234 valence electrons. The maximum Gasteiger partial charge on any atom is 0.312 e. The third-order valence-electron chi connectivity index (χ3n) is 9.18. The summed E-state index contributed by atoms with van der Waals surface area (Å²) in [4.78, 5) is 46.1. The lowest BCUT2D eigenvalue weighted by molar-refractivity contribution is -0.155. The first-order chi connectivity index (χ1) is 21.2. The molecule has 5 rings (SSSR count). The Morgan fingerprint density at radius 3 is 2.64 bits per heavy atom. The molecule has 3 aliphatic rings. The summed E-state index contributed by atoms with van der Waals surface area (Å²) in [6.07, 6.45) is 4.82. The van der Waals surface area contributed by atoms with Crippen molar-refractivity contribution in [1.29, 1.82) is 0 Å². The lowest BCUT2D eigenvalue weighted by atomic mass is 9.70. The van der Waals surface area contributed by atoms with Gasteiger partial charge in [0, 0.05) is 17.1 Å². The quantitative estimate of drug-likeness (QED) is 0.145. The SMILES string of the molecule is C=CCCCOC(=O)[C@H]1[C@H]2C(=O)N([C@@H](CO)Cc3ccccc3)C(C(=O)N(CC=C)c3cc(C)ccc3C)C23CC(Br)[C@@H]1O3. The lowest BCUT2D eigenvalue weighted by Crippen LogP contribution is -2.59. The Bertz CT molecular complexity index is 1420. The van der Waals surface area contributed by atoms with Gasteiger partial charge in [-0.2, -0.15) is 0 Å². The van der Waals surface area contributed by atoms with Crippen LogP contribution >= 0.6 is 15.9 Å². The number of rotatable bonds is 13. The molecule has 3 unspecified atom stereocenters. The van der Waals surface area contributed by atoms with E-state index >= 15 is 0 Å². The number of aliphatic hydroxyl groups is 1. The van der Waals surface area contributed by atoms with Crippen molar-refractivity contribution in [1.82, 2.24) is 4.90 Å². The van der Waals surface area contributed by atoms with E-state index in [4.69, 9.17) is 9.47 Å². The zero-order chi connectivity index (χ0) is 31.6. The second-order valence-corrected chi connectivity index (χ2v) is 13.2. The number of alkyl halides is 1. The number of aliphatic hydroxyl groups excluding tert-OH is 1. The standard InChI is InChI=1S/C35H41BrN2O6/c1-5-7-11-17-43-34(42)28-29-32(40)38(25(21-39)19-24-12-9-8-10-13-24)31(35(29)20-26(36)30(28)44-35)33(41)37(16-6-2)27-18-22(3)14-15-23(27)4/h5-6,8-10,12-15,18,25-26,28-31,39H,1-2,7,11,16-17,19-21H2,3-4H3/t25-,26?,28+,29+,30+,31?,35?/m1/s1. The number of hydrogen-bond acceptors (Lipinski definition) is 6. The Morgan fingerprint density at radius 2 is 1.95 bits per heavy atom. The van der Waals surface area contributed by atoms with Crippen LogP contribution in [0.3, 0.4) is 0 Å². The highest BCUT2D eigenvalue weighted by atomic mass is 79.9. The van der Waals surface area contributed by atoms with Gasteiger partial charge in [0.05, 0.1) is 37.2 Å². The number of ether oxygens (including phenoxy) is 2. The molecule has 2 bridgehead atoms. The number of fused-ring (bicyclic) bond motifs is 1. The van der Waals surface area contributed by atoms with Gasteiger partial charge in [-0.15, -0.1) is 13.2 Å². The van der Waals surface area contributed by atoms with Crippen LogP contribution in [-0.4, -0.2) is 76.2 Å². The Balaban J connectivity index is 1.60. The number of likely N-dealkylation sites (tertiary alicyclic amines) is 1. The number of aryl methyl sites for hydroxylation is 2. The predicted molar refractivity (Wildman–Crippen MR) is 172 cm³/mol. The van der Waals surface area contributed by atoms with Crippen LogP contribution in [0.15, 0.2) is 73.8 Å². The van der Waals surface area contributed by atoms with Crippen LogP contribution in [0.2, 0.25) is 0 Å². The van der Waals surface area contributed by atoms with E-state index in [0.717, 1.165) is 16.7 Å². The van der Waals surface area contributed by atoms with Crippen molar-refractivity contribution in [3.8, 4) is 0 Å². The molecule has 0 aromatic heterocycles. The third-order valence-corrected chi connectivity index (χ3v) is 10.0. The Labute approximate surface area is 267 Å². The van der Waals surface area contributed by atoms with Crippen LogP contribution in [0.25, 0.3) is 0 Å². The van der Waals surface area contributed by atoms with Crippen molar-refractivity contribution in [2.45, 2.75) is 68.1 Å². The molecule has 0 saturated carbocycles. The highest BCUT2D eigenvalue weighted by molar-refractivity contribution is 9.09. The van der Waals surface area contributed by atoms with E-state index in [9.17, 15) is 19.5 Å². The van der Waals surface area contributed by atoms with Gasteiger partial charge in [0.1, 0.15) is 11.6 Å². The van der Waals surface area contributed by atoms with Crippen molar-refractivity contribution >= 4 is 39.4 Å². The van der Waals surface area contributed by atoms with Crippen molar-refractivity contribution < 1.29 is 29.0 Å². The molecule has 1 spiro atoms. The smallest absolute Gasteiger partial charge is 0.312 e. The number of nitrogens with zero attached hydrogens (tertiary/aromatic N) is 2. The van der Waals surface area contributed by atoms with Crippen LogP contribution in [0, 0.1) is 25.7 Å². The number of hydrogen-bond donors (Lipinski definition) is 1. The number of amides is 2. The fraction of sp³-hybridized carbons (Fsp3) is 0.457. The summed E-state index contributed by atoms with van der Waals surface area (Å²) in [5.74, 6) is -3.00. The second-order valence-electron chi connectivity index (χ2n) is 12.1. The summed E-state index contributed by atoms with van der Waals surface area (Å²) in [5, 5.41) is 10.7. The third kappa shape index (κ3) is 5.66. The van der Waals surface area contributed by atoms with Crippen molar-refractivity contribution in [3.05, 3.63) is 90.5 Å². The molecular formula is C35H41BrN2O6. The van der Waals surface area contributed by atoms with E-state index in [1.807, 2.05) is 62.4 Å². The average Bonchev–Trinajstić information content (AvgIpc) is 3.61. The van der Waals surface area contributed by atoms with Gasteiger partial charge in [-0.25, -0.2) is 0 Å². The van der Waals surface area contributed by atoms with E-state index in [1.54, 1.807) is 17.1 Å². The fourth-order valence-electron chi connectivity index (χ4n) is 7.24. The average molecular weight is 666 g/mol. The summed E-state index contributed by atoms with van der Waals surface area (Å²) in [7, 11) is 0. The highest BCUT2D eigenvalue weighted by Crippen LogP contribution is 2.61. The maximum atomic E-state index is 15.0. The Morgan fingerprint density at radius 1 is 1.20 bits per heavy atom. The van der Waals surface area contributed by atoms with Gasteiger partial charge in [0.25, 0.3) is 5.91 Å². The van der Waals surface area contributed by atoms with Crippen LogP contribution in [-0.2, 0) is 30.3 Å². The molecule has 3 heterocycles. The second kappa shape index (κ2) is 13.4. The van der Waals surface area contributed by atoms with Gasteiger partial charge >= 0.3 is 5.97 Å². The zero-order valence-electron chi connectivity index (χ0n) is 25.4. The van der Waals surface area contributed by atoms with Crippen molar-refractivity contribution in [2.24, 2.45) is 11.8 Å². The molecule has 2 aromatic carbocycles. The lowest BCUT2D eigenvalue weighted by Gasteiger charge is -2.39. The minimum atomic E-state index is -1.28. The molecule has 0 aliphatic carbocycles. The summed E-state index contributed by atoms with van der Waals surface area (Å²) >= 11 is 3.72. The van der Waals surface area contributed by atoms with Gasteiger partial charge in [-0.05, 0) is 62.3 Å². The first kappa shape index (κ1) is 32.1. The van der Waals surface area contributed by atoms with Crippen molar-refractivity contribution in [2.75, 3.05) is 24.7 Å². The van der Waals surface area contributed by atoms with Crippen LogP contribution < -0.4 is 4.90 Å². The summed E-state index contributed by atoms with van der Waals surface area (Å²) in [5.41, 5.74) is 2.23. The topological polar surface area (TPSA) is 96.4 Å². The summed E-state index contributed by atoms with van der Waals surface area (Å²) in [6.45, 7) is 11.6. The normalized spacial score (nSPS) is 27.6. The molecule has 2 amide bonds. The summed E-state index contributed by atoms with van der Waals surface area (Å²) in [6, 6.07) is 13.7. The van der Waals surface area contributed by atoms with Crippen LogP contribution in [0.4, 0.5) is 5.69 Å². The van der Waals surface area contributed by atoms with E-state index in [0.29, 0.717) is 31.4 Å². The molecule has 3 aliphatic heterocycles. The van der Waals surface area contributed by atoms with Gasteiger partial charge in [0.2, 0.25) is 5.91 Å². The monoisotopic (exact) mass is 664 g/mol. The van der Waals surface area contributed by atoms with Crippen LogP contribution in [0.5, 0.6) is 0 Å². The van der Waals surface area contributed by atoms with Gasteiger partial charge in [-0.3, -0.25) is 14.4 Å². The molecular weight excluding hydrogens is 624 g/mol. The number of unbranched alkanes of at least 4 members (excludes halogenated alkanes) is 1. The molecule has 9 heteroatoms. The first-order valence-corrected chi connectivity index (χ1v) is 16.2. The van der Waals surface area contributed by atoms with Crippen LogP contribution in [0.1, 0.15) is 36.0 Å². The maximum absolute atomic E-state index is 15.0. The van der Waals surface area contributed by atoms with Gasteiger partial charge in [-0.1, -0.05) is 70.5 Å². The van der Waals surface area contributed by atoms with E-state index in [-0.39, 0.29) is 36.4 Å². The van der Waals surface area contributed by atoms with Crippen molar-refractivity contribution in [3.63, 3.8) is 0 Å². The Hall–Kier alpha value is -3.27. The van der Waals surface area contributed by atoms with Gasteiger partial charge < -0.3 is 24.4 Å². The number of allylic oxidation sites excluding steroid dienone is 1. The van der Waals surface area contributed by atoms with E-state index in [2.05, 4.69) is 29.1 Å². The largest absolute Gasteiger partial charge is 0.465 e. The van der Waals surface area contributed by atoms with E-state index in [1.165, 1.54) is 4.90 Å². The molecule has 2 aromatic rings. The number of esters is 1. The zero-order valence-corrected chi connectivity index (χ0v) is 26.9. The number of benzene rings is 2. The first-order valence-electron chi connectivity index (χ1n) is 15.2. The number of carbonyl (C=O) groups excluding carboxylic acids is 3. The fourth-order valence-corrected chi connectivity index (χ4v) is 8.18. The molecule has 1 N–H and O–H groups in total. The molecule has 44 heavy (non-hydrogen) atoms. The van der Waals surface area contributed by atoms with Gasteiger partial charge in [0.15, 0.2) is 0 Å². The minimum Gasteiger partial charge on any atom is -0.465 e. The van der Waals surface area contributed by atoms with E-state index < -0.39 is 41.6 Å². The summed E-state index contributed by atoms with van der Waals surface area (Å²) < 4.78 is 12.3. The molecule has 0 radical (unpaired) electrons. The highest BCUT2D eigenvalue weighted by Gasteiger charge is 2.77. The number of carbonyl (C=O) groups is 3. The molecule has 8 nitrogen and oxygen atoms in total.